The number of nitrogens with one attached hydrogen (secondary N) is 5. The minimum absolute atomic E-state index is 0. The molecule has 32 nitrogen and oxygen atoms in total. The van der Waals surface area contributed by atoms with Gasteiger partial charge in [0.25, 0.3) is 16.3 Å². The predicted molar refractivity (Wildman–Crippen MR) is 302 cm³/mol. The van der Waals surface area contributed by atoms with Gasteiger partial charge >= 0.3 is 29.6 Å². The van der Waals surface area contributed by atoms with Crippen molar-refractivity contribution in [2.75, 3.05) is 19.7 Å². The largest absolute Gasteiger partial charge is 1.00 e. The molecule has 0 radical (unpaired) electrons. The number of hydrogen-bond acceptors (Lipinski definition) is 24. The molecule has 0 aliphatic carbocycles. The summed E-state index contributed by atoms with van der Waals surface area (Å²) < 4.78 is 49.9. The molecule has 3 fully saturated rings. The van der Waals surface area contributed by atoms with Gasteiger partial charge in [0, 0.05) is 54.6 Å². The van der Waals surface area contributed by atoms with Gasteiger partial charge in [-0.25, -0.2) is 8.42 Å². The zero-order valence-electron chi connectivity index (χ0n) is 49.0. The van der Waals surface area contributed by atoms with Crippen LogP contribution in [0.3, 0.4) is 0 Å². The van der Waals surface area contributed by atoms with Gasteiger partial charge in [-0.2, -0.15) is 0 Å². The first-order valence-corrected chi connectivity index (χ1v) is 29.4. The molecular formula is C56H70N9NaO23S. The summed E-state index contributed by atoms with van der Waals surface area (Å²) in [6, 6.07) is 3.38. The Kier molecular flexibility index (Phi) is 24.8. The average Bonchev–Trinajstić information content (AvgIpc) is 2.24. The molecule has 0 spiro atoms. The standard InChI is InChI=1S/C56H71N9O23S.Na/c1-4-5-6-17-86-32-14-11-28(12-15-32)39-21-33(63-87-39)27-7-9-29(10-8-27)49(75)58-34-20-38(70)52(78)62-54(80)45-46(72)25(2)23-65(45)56(82)43(37(69)22-41(57)71)60-53(79)44(48(74)47(73)30-13-16-36(68)40(18-30)88-89(83,84)85)61-51(77)35-19-31(67)24-64(35)55(81)42(26(3)66)59-50(34)76;/h7-16,18,21,25-26,31,34-35,37-38,42-48,52,66-70,72-74,78H,4-6,17,19-20,22-24H2,1-3H3,(H2,57,71)(H,58,75)(H,59,76)(H,60,79)(H,61,77)(H,62,80)(H,83,84,85);/q;+1/p-1/t25-,26+,31+,34?,35-,37+,38+,42-,43-,44-,45-,46-,47-,48-,52+;/m0./s1. The number of unbranched alkanes of at least 4 members (excludes halogenated alkanes) is 2. The van der Waals surface area contributed by atoms with Crippen molar-refractivity contribution in [3.63, 3.8) is 0 Å². The SMILES string of the molecule is CCCCCOc1ccc(-c2cc(-c3ccc(C(=O)NC4C[C@@H](O)[C@@H](O)NC(=O)[C@@H]5[C@@H](O)[C@@H](C)CN5C(=O)[C@H]([C@H](O)CC(N)=O)NC(=O)[C@H]([C@H](O)[C@@H](O)c5ccc(O)c(OS(=O)(=O)[O-])c5)NC(=O)[C@@H]5C[C@@H](O)CN5C(=O)[C@H]([C@@H](C)O)NC4=O)cc3)no2)cc1.[Na+]. The Morgan fingerprint density at radius 2 is 1.43 bits per heavy atom. The fraction of sp³-hybridized carbons (Fsp3) is 0.482. The number of aliphatic hydroxyl groups is 8. The third kappa shape index (κ3) is 17.8. The normalized spacial score (nSPS) is 26.2. The van der Waals surface area contributed by atoms with Crippen LogP contribution >= 0.6 is 0 Å². The van der Waals surface area contributed by atoms with Crippen LogP contribution < -0.4 is 70.8 Å². The summed E-state index contributed by atoms with van der Waals surface area (Å²) in [7, 11) is -5.60. The molecule has 3 aliphatic rings. The zero-order chi connectivity index (χ0) is 65.3. The number of primary amides is 1. The first-order valence-electron chi connectivity index (χ1n) is 28.1. The summed E-state index contributed by atoms with van der Waals surface area (Å²) in [4.78, 5) is 115. The van der Waals surface area contributed by atoms with E-state index in [9.17, 15) is 97.3 Å². The topological polar surface area (TPSA) is 513 Å². The molecular weight excluding hydrogens is 1220 g/mol. The van der Waals surface area contributed by atoms with Gasteiger partial charge in [0.15, 0.2) is 23.5 Å². The van der Waals surface area contributed by atoms with E-state index in [0.717, 1.165) is 32.3 Å². The molecule has 15 atom stereocenters. The van der Waals surface area contributed by atoms with Gasteiger partial charge in [-0.05, 0) is 67.4 Å². The Morgan fingerprint density at radius 3 is 2.07 bits per heavy atom. The predicted octanol–water partition coefficient (Wildman–Crippen LogP) is -7.24. The van der Waals surface area contributed by atoms with E-state index in [-0.39, 0.29) is 35.1 Å². The molecule has 1 aromatic heterocycles. The molecule has 7 rings (SSSR count). The van der Waals surface area contributed by atoms with Crippen molar-refractivity contribution in [2.24, 2.45) is 11.7 Å². The summed E-state index contributed by atoms with van der Waals surface area (Å²) in [5.41, 5.74) is 6.13. The smallest absolute Gasteiger partial charge is 0.716 e. The van der Waals surface area contributed by atoms with Crippen LogP contribution in [0.15, 0.2) is 77.3 Å². The maximum Gasteiger partial charge on any atom is 1.00 e. The van der Waals surface area contributed by atoms with Crippen LogP contribution in [0.5, 0.6) is 17.2 Å². The van der Waals surface area contributed by atoms with Crippen LogP contribution in [-0.2, 0) is 44.0 Å². The second-order valence-electron chi connectivity index (χ2n) is 21.9. The number of fused-ring (bicyclic) bond motifs is 2. The molecule has 0 bridgehead atoms. The summed E-state index contributed by atoms with van der Waals surface area (Å²) in [6.07, 6.45) is -17.3. The number of benzene rings is 3. The fourth-order valence-electron chi connectivity index (χ4n) is 10.3. The first-order chi connectivity index (χ1) is 42.0. The van der Waals surface area contributed by atoms with Crippen LogP contribution in [0.2, 0.25) is 0 Å². The van der Waals surface area contributed by atoms with E-state index in [1.807, 2.05) is 10.6 Å². The van der Waals surface area contributed by atoms with Crippen molar-refractivity contribution in [3.8, 4) is 39.8 Å². The fourth-order valence-corrected chi connectivity index (χ4v) is 10.7. The molecule has 4 aromatic rings. The summed E-state index contributed by atoms with van der Waals surface area (Å²) in [5, 5.41) is 116. The molecule has 3 aromatic carbocycles. The van der Waals surface area contributed by atoms with E-state index in [2.05, 4.69) is 32.2 Å². The van der Waals surface area contributed by atoms with Crippen LogP contribution in [0.1, 0.15) is 81.3 Å². The van der Waals surface area contributed by atoms with Crippen LogP contribution in [0.4, 0.5) is 0 Å². The van der Waals surface area contributed by atoms with Crippen molar-refractivity contribution in [1.82, 2.24) is 41.5 Å². The van der Waals surface area contributed by atoms with Gasteiger partial charge in [0.1, 0.15) is 66.0 Å². The van der Waals surface area contributed by atoms with Gasteiger partial charge in [-0.15, -0.1) is 0 Å². The molecule has 3 saturated heterocycles. The van der Waals surface area contributed by atoms with Gasteiger partial charge < -0.3 is 106 Å². The van der Waals surface area contributed by atoms with E-state index in [1.54, 1.807) is 30.3 Å². The summed E-state index contributed by atoms with van der Waals surface area (Å²) in [5.74, 6) is -13.0. The van der Waals surface area contributed by atoms with Gasteiger partial charge in [-0.1, -0.05) is 50.0 Å². The van der Waals surface area contributed by atoms with Crippen molar-refractivity contribution in [3.05, 3.63) is 83.9 Å². The number of carbonyl (C=O) groups excluding carboxylic acids is 8. The number of phenols is 1. The van der Waals surface area contributed by atoms with Crippen molar-refractivity contribution in [2.45, 2.75) is 145 Å². The minimum atomic E-state index is -5.60. The Balaban J connectivity index is 0.0000129. The quantitative estimate of drug-likeness (QED) is 0.0190. The number of aromatic nitrogens is 1. The summed E-state index contributed by atoms with van der Waals surface area (Å²) >= 11 is 0. The molecule has 4 heterocycles. The number of ether oxygens (including phenoxy) is 1. The van der Waals surface area contributed by atoms with E-state index in [0.29, 0.717) is 56.9 Å². The maximum atomic E-state index is 14.7. The van der Waals surface area contributed by atoms with E-state index in [4.69, 9.17) is 15.0 Å². The van der Waals surface area contributed by atoms with Crippen molar-refractivity contribution >= 4 is 57.7 Å². The summed E-state index contributed by atoms with van der Waals surface area (Å²) in [6.45, 7) is 3.72. The Morgan fingerprint density at radius 1 is 0.800 bits per heavy atom. The molecule has 1 unspecified atom stereocenters. The van der Waals surface area contributed by atoms with Gasteiger partial charge in [0.05, 0.1) is 37.4 Å². The molecule has 16 N–H and O–H groups in total. The number of carbonyl (C=O) groups is 8. The number of rotatable bonds is 18. The molecule has 8 amide bonds. The minimum Gasteiger partial charge on any atom is -0.716 e. The zero-order valence-corrected chi connectivity index (χ0v) is 51.8. The third-order valence-electron chi connectivity index (χ3n) is 15.2. The Hall–Kier alpha value is -7.38. The molecule has 90 heavy (non-hydrogen) atoms. The molecule has 0 saturated carbocycles. The number of amides is 8. The first kappa shape index (κ1) is 71.7. The number of hydrogen-bond donors (Lipinski definition) is 15. The molecule has 3 aliphatic heterocycles. The van der Waals surface area contributed by atoms with Gasteiger partial charge in [-0.3, -0.25) is 38.4 Å². The monoisotopic (exact) mass is 1290 g/mol. The molecule has 34 heteroatoms. The van der Waals surface area contributed by atoms with Crippen LogP contribution in [-0.4, -0.2) is 220 Å². The van der Waals surface area contributed by atoms with Crippen LogP contribution in [0.25, 0.3) is 22.6 Å². The number of phenolic OH excluding ortho intramolecular Hbond substituents is 1. The average molecular weight is 1290 g/mol. The second-order valence-corrected chi connectivity index (χ2v) is 22.9. The second kappa shape index (κ2) is 31.1. The molecule has 484 valence electrons. The van der Waals surface area contributed by atoms with Crippen molar-refractivity contribution in [1.29, 1.82) is 0 Å². The van der Waals surface area contributed by atoms with E-state index in [1.165, 1.54) is 31.2 Å². The Bertz CT molecular complexity index is 3340. The van der Waals surface area contributed by atoms with E-state index >= 15 is 0 Å². The number of nitrogens with two attached hydrogens (primary N) is 1. The van der Waals surface area contributed by atoms with E-state index < -0.39 is 198 Å². The van der Waals surface area contributed by atoms with Crippen molar-refractivity contribution < 1.29 is 140 Å². The van der Waals surface area contributed by atoms with Crippen LogP contribution in [0, 0.1) is 5.92 Å². The number of aromatic hydroxyl groups is 1. The number of aliphatic hydroxyl groups excluding tert-OH is 8. The third-order valence-corrected chi connectivity index (χ3v) is 15.6. The Labute approximate surface area is 536 Å². The number of nitrogens with zero attached hydrogens (tertiary/aromatic N) is 3. The maximum absolute atomic E-state index is 14.7. The van der Waals surface area contributed by atoms with Gasteiger partial charge in [0.2, 0.25) is 41.4 Å².